The Morgan fingerprint density at radius 2 is 1.40 bits per heavy atom. The monoisotopic (exact) mass is 343 g/mol. The van der Waals surface area contributed by atoms with Crippen molar-refractivity contribution in [3.05, 3.63) is 21.0 Å². The highest BCUT2D eigenvalue weighted by atomic mass is 16.2. The summed E-state index contributed by atoms with van der Waals surface area (Å²) >= 11 is 0. The quantitative estimate of drug-likeness (QED) is 0.787. The van der Waals surface area contributed by atoms with Crippen molar-refractivity contribution in [3.8, 4) is 0 Å². The van der Waals surface area contributed by atoms with E-state index >= 15 is 0 Å². The predicted molar refractivity (Wildman–Crippen MR) is 94.7 cm³/mol. The molecule has 5 heteroatoms. The van der Waals surface area contributed by atoms with E-state index in [4.69, 9.17) is 0 Å². The van der Waals surface area contributed by atoms with Gasteiger partial charge in [0.25, 0.3) is 0 Å². The van der Waals surface area contributed by atoms with Gasteiger partial charge in [0.2, 0.25) is 0 Å². The third-order valence-electron chi connectivity index (χ3n) is 9.81. The van der Waals surface area contributed by atoms with E-state index in [1.165, 1.54) is 19.3 Å². The van der Waals surface area contributed by atoms with E-state index in [1.807, 2.05) is 9.36 Å². The minimum Gasteiger partial charge on any atom is -0.246 e. The molecular formula is C20H29N3O2. The molecule has 7 atom stereocenters. The zero-order valence-electron chi connectivity index (χ0n) is 15.6. The lowest BCUT2D eigenvalue weighted by Crippen LogP contribution is -2.52. The molecule has 1 aromatic heterocycles. The van der Waals surface area contributed by atoms with Crippen LogP contribution < -0.4 is 11.4 Å². The van der Waals surface area contributed by atoms with Gasteiger partial charge in [-0.05, 0) is 73.5 Å². The average Bonchev–Trinajstić information content (AvgIpc) is 3.07. The standard InChI is InChI=1S/C20H29N3O2/c1-19(2)13-6-7-20(19,3)16(10-13)21-17(24)22-14-9-12-5-4-11(14)8-15(12)23(22)18(21)25/h11-16H,4-10H2,1-3H3/t11-,12+,13-,14+,15-,16+,20+/m0/s1. The maximum atomic E-state index is 13.4. The molecule has 5 saturated carbocycles. The molecule has 7 aliphatic rings. The Hall–Kier alpha value is -1.26. The minimum atomic E-state index is -0.000347. The molecule has 0 N–H and O–H groups in total. The van der Waals surface area contributed by atoms with E-state index in [9.17, 15) is 9.59 Å². The Balaban J connectivity index is 1.56. The van der Waals surface area contributed by atoms with E-state index < -0.39 is 0 Å². The lowest BCUT2D eigenvalue weighted by atomic mass is 9.64. The van der Waals surface area contributed by atoms with Crippen molar-refractivity contribution in [2.45, 2.75) is 83.8 Å². The second-order valence-corrected chi connectivity index (χ2v) is 10.5. The summed E-state index contributed by atoms with van der Waals surface area (Å²) in [5.74, 6) is 1.88. The lowest BCUT2D eigenvalue weighted by Gasteiger charge is -2.52. The molecule has 0 aromatic carbocycles. The van der Waals surface area contributed by atoms with Crippen LogP contribution in [0.15, 0.2) is 9.59 Å². The Morgan fingerprint density at radius 1 is 0.840 bits per heavy atom. The molecular weight excluding hydrogens is 314 g/mol. The van der Waals surface area contributed by atoms with E-state index in [0.717, 1.165) is 25.7 Å². The molecule has 5 nitrogen and oxygen atoms in total. The first kappa shape index (κ1) is 14.9. The van der Waals surface area contributed by atoms with Gasteiger partial charge in [-0.15, -0.1) is 0 Å². The van der Waals surface area contributed by atoms with Crippen molar-refractivity contribution in [1.29, 1.82) is 0 Å². The number of hydrogen-bond donors (Lipinski definition) is 0. The second-order valence-electron chi connectivity index (χ2n) is 10.5. The fraction of sp³-hybridized carbons (Fsp3) is 0.900. The van der Waals surface area contributed by atoms with Gasteiger partial charge in [0.15, 0.2) is 0 Å². The minimum absolute atomic E-state index is 0.000347. The van der Waals surface area contributed by atoms with Crippen LogP contribution in [0.4, 0.5) is 0 Å². The molecule has 3 heterocycles. The maximum absolute atomic E-state index is 13.4. The summed E-state index contributed by atoms with van der Waals surface area (Å²) in [6, 6.07) is 0.651. The normalized spacial score (nSPS) is 48.3. The van der Waals surface area contributed by atoms with Gasteiger partial charge in [0.1, 0.15) is 0 Å². The molecule has 5 fully saturated rings. The van der Waals surface area contributed by atoms with Gasteiger partial charge in [-0.25, -0.2) is 23.5 Å². The summed E-state index contributed by atoms with van der Waals surface area (Å²) in [7, 11) is 0. The van der Waals surface area contributed by atoms with Crippen LogP contribution in [0.25, 0.3) is 0 Å². The van der Waals surface area contributed by atoms with Gasteiger partial charge in [0, 0.05) is 6.04 Å². The molecule has 0 amide bonds. The summed E-state index contributed by atoms with van der Waals surface area (Å²) in [5, 5.41) is 0. The predicted octanol–water partition coefficient (Wildman–Crippen LogP) is 3.11. The van der Waals surface area contributed by atoms with Gasteiger partial charge < -0.3 is 0 Å². The Kier molecular flexibility index (Phi) is 2.48. The molecule has 25 heavy (non-hydrogen) atoms. The third-order valence-corrected chi connectivity index (χ3v) is 9.81. The molecule has 0 unspecified atom stereocenters. The largest absolute Gasteiger partial charge is 0.347 e. The summed E-state index contributed by atoms with van der Waals surface area (Å²) in [6.07, 6.45) is 8.12. The molecule has 2 aliphatic heterocycles. The van der Waals surface area contributed by atoms with Gasteiger partial charge >= 0.3 is 11.4 Å². The number of hydrogen-bond acceptors (Lipinski definition) is 2. The maximum Gasteiger partial charge on any atom is 0.347 e. The Morgan fingerprint density at radius 3 is 1.80 bits per heavy atom. The van der Waals surface area contributed by atoms with Crippen molar-refractivity contribution in [1.82, 2.24) is 13.9 Å². The highest BCUT2D eigenvalue weighted by molar-refractivity contribution is 5.13. The first-order valence-electron chi connectivity index (χ1n) is 10.3. The topological polar surface area (TPSA) is 48.9 Å². The summed E-state index contributed by atoms with van der Waals surface area (Å²) in [5.41, 5.74) is 0.282. The highest BCUT2D eigenvalue weighted by Crippen LogP contribution is 2.69. The van der Waals surface area contributed by atoms with Crippen LogP contribution in [-0.4, -0.2) is 13.9 Å². The summed E-state index contributed by atoms with van der Waals surface area (Å²) in [4.78, 5) is 26.8. The molecule has 0 spiro atoms. The number of fused-ring (bicyclic) bond motifs is 3. The van der Waals surface area contributed by atoms with Crippen LogP contribution in [0.2, 0.25) is 0 Å². The number of rotatable bonds is 1. The summed E-state index contributed by atoms with van der Waals surface area (Å²) < 4.78 is 5.51. The Labute approximate surface area is 148 Å². The number of aromatic nitrogens is 3. The van der Waals surface area contributed by atoms with Crippen molar-refractivity contribution < 1.29 is 0 Å². The van der Waals surface area contributed by atoms with Crippen LogP contribution in [0, 0.1) is 28.6 Å². The third kappa shape index (κ3) is 1.43. The van der Waals surface area contributed by atoms with Crippen LogP contribution >= 0.6 is 0 Å². The van der Waals surface area contributed by atoms with E-state index in [1.54, 1.807) is 4.57 Å². The molecule has 8 rings (SSSR count). The van der Waals surface area contributed by atoms with Gasteiger partial charge in [-0.2, -0.15) is 0 Å². The smallest absolute Gasteiger partial charge is 0.246 e. The molecule has 5 aliphatic carbocycles. The van der Waals surface area contributed by atoms with Crippen LogP contribution in [0.1, 0.15) is 83.8 Å². The van der Waals surface area contributed by atoms with Crippen LogP contribution in [0.5, 0.6) is 0 Å². The van der Waals surface area contributed by atoms with Gasteiger partial charge in [0.05, 0.1) is 12.1 Å². The molecule has 1 aromatic rings. The molecule has 0 saturated heterocycles. The first-order chi connectivity index (χ1) is 11.8. The lowest BCUT2D eigenvalue weighted by molar-refractivity contribution is -0.0270. The fourth-order valence-corrected chi connectivity index (χ4v) is 7.88. The highest BCUT2D eigenvalue weighted by Gasteiger charge is 2.63. The number of nitrogens with zero attached hydrogens (tertiary/aromatic N) is 3. The van der Waals surface area contributed by atoms with E-state index in [0.29, 0.717) is 17.8 Å². The van der Waals surface area contributed by atoms with Crippen molar-refractivity contribution in [3.63, 3.8) is 0 Å². The van der Waals surface area contributed by atoms with E-state index in [-0.39, 0.29) is 40.3 Å². The van der Waals surface area contributed by atoms with Gasteiger partial charge in [-0.3, -0.25) is 0 Å². The van der Waals surface area contributed by atoms with E-state index in [2.05, 4.69) is 20.8 Å². The molecule has 6 bridgehead atoms. The van der Waals surface area contributed by atoms with Crippen molar-refractivity contribution in [2.75, 3.05) is 0 Å². The van der Waals surface area contributed by atoms with Crippen molar-refractivity contribution >= 4 is 0 Å². The molecule has 0 radical (unpaired) electrons. The second kappa shape index (κ2) is 4.17. The average molecular weight is 343 g/mol. The zero-order valence-corrected chi connectivity index (χ0v) is 15.6. The van der Waals surface area contributed by atoms with Crippen LogP contribution in [-0.2, 0) is 0 Å². The molecule has 136 valence electrons. The fourth-order valence-electron chi connectivity index (χ4n) is 7.88. The van der Waals surface area contributed by atoms with Crippen LogP contribution in [0.3, 0.4) is 0 Å². The summed E-state index contributed by atoms with van der Waals surface area (Å²) in [6.45, 7) is 7.04. The first-order valence-corrected chi connectivity index (χ1v) is 10.3. The zero-order chi connectivity index (χ0) is 17.3. The SMILES string of the molecule is CC1(C)[C@H]2CC[C@]1(C)[C@H](n1c(=O)n3n(c1=O)[C@H]1C[C@@H]4CC[C@@H]1C[C@H]43)C2. The van der Waals surface area contributed by atoms with Gasteiger partial charge in [-0.1, -0.05) is 20.8 Å². The Bertz CT molecular complexity index is 840. The van der Waals surface area contributed by atoms with Crippen molar-refractivity contribution in [2.24, 2.45) is 28.6 Å².